The molecule has 0 atom stereocenters. The largest absolute Gasteiger partial charge is 0.382 e. The number of benzene rings is 1. The number of hydrogen-bond donors (Lipinski definition) is 1. The van der Waals surface area contributed by atoms with Gasteiger partial charge in [0.15, 0.2) is 0 Å². The predicted molar refractivity (Wildman–Crippen MR) is 79.5 cm³/mol. The Morgan fingerprint density at radius 2 is 2.06 bits per heavy atom. The van der Waals surface area contributed by atoms with E-state index in [0.29, 0.717) is 10.8 Å². The molecule has 0 saturated carbocycles. The molecule has 0 aliphatic rings. The predicted octanol–water partition coefficient (Wildman–Crippen LogP) is 4.30. The molecule has 96 valence electrons. The molecule has 0 aliphatic carbocycles. The van der Waals surface area contributed by atoms with Crippen LogP contribution in [0.5, 0.6) is 0 Å². The number of hydrogen-bond acceptors (Lipinski definition) is 2. The lowest BCUT2D eigenvalue weighted by atomic mass is 10.1. The first-order valence-corrected chi connectivity index (χ1v) is 6.89. The van der Waals surface area contributed by atoms with E-state index in [1.807, 2.05) is 39.0 Å². The zero-order valence-corrected chi connectivity index (χ0v) is 12.9. The summed E-state index contributed by atoms with van der Waals surface area (Å²) in [6, 6.07) is 5.97. The quantitative estimate of drug-likeness (QED) is 0.893. The van der Waals surface area contributed by atoms with Crippen LogP contribution < -0.4 is 5.73 Å². The van der Waals surface area contributed by atoms with E-state index in [-0.39, 0.29) is 5.92 Å². The van der Waals surface area contributed by atoms with E-state index in [1.54, 1.807) is 4.68 Å². The maximum atomic E-state index is 6.22. The van der Waals surface area contributed by atoms with E-state index in [1.165, 1.54) is 0 Å². The molecule has 0 amide bonds. The highest BCUT2D eigenvalue weighted by Gasteiger charge is 2.18. The van der Waals surface area contributed by atoms with Crippen LogP contribution in [0.2, 0.25) is 5.02 Å². The fourth-order valence-corrected chi connectivity index (χ4v) is 2.65. The Hall–Kier alpha value is -1.00. The molecule has 2 rings (SSSR count). The minimum Gasteiger partial charge on any atom is -0.382 e. The van der Waals surface area contributed by atoms with Gasteiger partial charge in [0.1, 0.15) is 10.8 Å². The summed E-state index contributed by atoms with van der Waals surface area (Å²) in [6.07, 6.45) is 0. The number of nitrogens with two attached hydrogens (primary N) is 1. The van der Waals surface area contributed by atoms with E-state index >= 15 is 0 Å². The van der Waals surface area contributed by atoms with Crippen LogP contribution in [0, 0.1) is 6.92 Å². The molecule has 0 saturated heterocycles. The topological polar surface area (TPSA) is 43.8 Å². The van der Waals surface area contributed by atoms with Crippen LogP contribution in [0.25, 0.3) is 5.69 Å². The third-order valence-electron chi connectivity index (χ3n) is 2.82. The average molecular weight is 329 g/mol. The van der Waals surface area contributed by atoms with Gasteiger partial charge in [-0.3, -0.25) is 0 Å². The Morgan fingerprint density at radius 3 is 2.56 bits per heavy atom. The molecule has 1 aromatic heterocycles. The van der Waals surface area contributed by atoms with Gasteiger partial charge in [0.05, 0.1) is 11.4 Å². The zero-order chi connectivity index (χ0) is 13.4. The number of aromatic nitrogens is 2. The van der Waals surface area contributed by atoms with E-state index in [2.05, 4.69) is 21.0 Å². The summed E-state index contributed by atoms with van der Waals surface area (Å²) < 4.78 is 2.74. The van der Waals surface area contributed by atoms with Crippen molar-refractivity contribution in [2.45, 2.75) is 26.7 Å². The van der Waals surface area contributed by atoms with Crippen molar-refractivity contribution in [1.82, 2.24) is 9.78 Å². The molecule has 0 aliphatic heterocycles. The van der Waals surface area contributed by atoms with Gasteiger partial charge < -0.3 is 5.73 Å². The third-order valence-corrected chi connectivity index (χ3v) is 3.70. The highest BCUT2D eigenvalue weighted by molar-refractivity contribution is 9.10. The smallest absolute Gasteiger partial charge is 0.146 e. The molecule has 0 spiro atoms. The number of halogens is 2. The molecule has 0 fully saturated rings. The summed E-state index contributed by atoms with van der Waals surface area (Å²) in [4.78, 5) is 0. The van der Waals surface area contributed by atoms with Gasteiger partial charge in [-0.15, -0.1) is 0 Å². The number of aryl methyl sites for hydroxylation is 1. The normalized spacial score (nSPS) is 11.2. The van der Waals surface area contributed by atoms with Gasteiger partial charge in [-0.2, -0.15) is 5.10 Å². The maximum Gasteiger partial charge on any atom is 0.146 e. The zero-order valence-electron chi connectivity index (χ0n) is 10.5. The van der Waals surface area contributed by atoms with Crippen molar-refractivity contribution < 1.29 is 0 Å². The van der Waals surface area contributed by atoms with Crippen LogP contribution in [0.15, 0.2) is 22.7 Å². The first-order valence-electron chi connectivity index (χ1n) is 5.72. The number of rotatable bonds is 2. The lowest BCUT2D eigenvalue weighted by Gasteiger charge is -2.08. The van der Waals surface area contributed by atoms with E-state index in [4.69, 9.17) is 17.3 Å². The summed E-state index contributed by atoms with van der Waals surface area (Å²) in [5.41, 5.74) is 8.90. The van der Waals surface area contributed by atoms with Crippen LogP contribution in [-0.2, 0) is 0 Å². The van der Waals surface area contributed by atoms with Crippen molar-refractivity contribution in [1.29, 1.82) is 0 Å². The summed E-state index contributed by atoms with van der Waals surface area (Å²) >= 11 is 9.67. The van der Waals surface area contributed by atoms with Crippen molar-refractivity contribution in [3.05, 3.63) is 39.0 Å². The standard InChI is InChI=1S/C13H15BrClN3/c1-7(2)12-11(15)13(16)18(17-12)10-5-4-9(14)6-8(10)3/h4-7H,16H2,1-3H3. The lowest BCUT2D eigenvalue weighted by Crippen LogP contribution is -2.04. The molecule has 3 nitrogen and oxygen atoms in total. The molecule has 1 aromatic carbocycles. The molecule has 2 aromatic rings. The molecular weight excluding hydrogens is 314 g/mol. The fourth-order valence-electron chi connectivity index (χ4n) is 1.84. The molecular formula is C13H15BrClN3. The number of anilines is 1. The molecule has 2 N–H and O–H groups in total. The van der Waals surface area contributed by atoms with Crippen LogP contribution in [-0.4, -0.2) is 9.78 Å². The summed E-state index contributed by atoms with van der Waals surface area (Å²) in [5, 5.41) is 5.06. The van der Waals surface area contributed by atoms with Crippen molar-refractivity contribution in [3.63, 3.8) is 0 Å². The fraction of sp³-hybridized carbons (Fsp3) is 0.308. The SMILES string of the molecule is Cc1cc(Br)ccc1-n1nc(C(C)C)c(Cl)c1N. The molecule has 18 heavy (non-hydrogen) atoms. The van der Waals surface area contributed by atoms with E-state index in [9.17, 15) is 0 Å². The van der Waals surface area contributed by atoms with Crippen molar-refractivity contribution in [3.8, 4) is 5.69 Å². The second kappa shape index (κ2) is 4.94. The van der Waals surface area contributed by atoms with Crippen molar-refractivity contribution in [2.75, 3.05) is 5.73 Å². The van der Waals surface area contributed by atoms with E-state index in [0.717, 1.165) is 21.4 Å². The second-order valence-corrected chi connectivity index (χ2v) is 5.88. The van der Waals surface area contributed by atoms with Gasteiger partial charge in [0, 0.05) is 4.47 Å². The monoisotopic (exact) mass is 327 g/mol. The Bertz CT molecular complexity index is 590. The van der Waals surface area contributed by atoms with Gasteiger partial charge in [0.25, 0.3) is 0 Å². The Balaban J connectivity index is 2.61. The lowest BCUT2D eigenvalue weighted by molar-refractivity contribution is 0.769. The summed E-state index contributed by atoms with van der Waals surface area (Å²) in [7, 11) is 0. The van der Waals surface area contributed by atoms with Gasteiger partial charge in [-0.05, 0) is 36.6 Å². The molecule has 5 heteroatoms. The second-order valence-electron chi connectivity index (χ2n) is 4.58. The van der Waals surface area contributed by atoms with Gasteiger partial charge in [-0.1, -0.05) is 41.4 Å². The molecule has 0 unspecified atom stereocenters. The van der Waals surface area contributed by atoms with Gasteiger partial charge in [-0.25, -0.2) is 4.68 Å². The molecule has 1 heterocycles. The minimum atomic E-state index is 0.247. The summed E-state index contributed by atoms with van der Waals surface area (Å²) in [6.45, 7) is 6.11. The van der Waals surface area contributed by atoms with Crippen LogP contribution in [0.3, 0.4) is 0 Å². The van der Waals surface area contributed by atoms with E-state index < -0.39 is 0 Å². The highest BCUT2D eigenvalue weighted by Crippen LogP contribution is 2.31. The van der Waals surface area contributed by atoms with Crippen LogP contribution >= 0.6 is 27.5 Å². The Kier molecular flexibility index (Phi) is 3.69. The number of nitrogens with zero attached hydrogens (tertiary/aromatic N) is 2. The van der Waals surface area contributed by atoms with Crippen LogP contribution in [0.1, 0.15) is 31.0 Å². The Labute approximate surface area is 120 Å². The molecule has 0 radical (unpaired) electrons. The first-order chi connectivity index (χ1) is 8.41. The average Bonchev–Trinajstić information content (AvgIpc) is 2.57. The van der Waals surface area contributed by atoms with Crippen molar-refractivity contribution in [2.24, 2.45) is 0 Å². The van der Waals surface area contributed by atoms with Gasteiger partial charge in [0.2, 0.25) is 0 Å². The van der Waals surface area contributed by atoms with Gasteiger partial charge >= 0.3 is 0 Å². The minimum absolute atomic E-state index is 0.247. The van der Waals surface area contributed by atoms with Crippen molar-refractivity contribution >= 4 is 33.3 Å². The highest BCUT2D eigenvalue weighted by atomic mass is 79.9. The first kappa shape index (κ1) is 13.4. The summed E-state index contributed by atoms with van der Waals surface area (Å²) in [5.74, 6) is 0.739. The Morgan fingerprint density at radius 1 is 1.39 bits per heavy atom. The third kappa shape index (κ3) is 2.27. The maximum absolute atomic E-state index is 6.22. The van der Waals surface area contributed by atoms with Crippen LogP contribution in [0.4, 0.5) is 5.82 Å². The number of nitrogen functional groups attached to an aromatic ring is 1. The molecule has 0 bridgehead atoms.